The number of carbonyl (C=O) groups excluding carboxylic acids is 1. The van der Waals surface area contributed by atoms with E-state index in [0.29, 0.717) is 23.8 Å². The molecule has 0 spiro atoms. The Morgan fingerprint density at radius 1 is 1.52 bits per heavy atom. The van der Waals surface area contributed by atoms with Gasteiger partial charge in [0.05, 0.1) is 23.9 Å². The molecule has 114 valence electrons. The molecule has 1 aromatic rings. The molecule has 0 amide bonds. The summed E-state index contributed by atoms with van der Waals surface area (Å²) in [6.45, 7) is 2.31. The Kier molecular flexibility index (Phi) is 3.76. The van der Waals surface area contributed by atoms with Gasteiger partial charge in [0.25, 0.3) is 0 Å². The number of methoxy groups -OCH3 is 1. The Bertz CT molecular complexity index is 534. The fourth-order valence-corrected chi connectivity index (χ4v) is 3.11. The van der Waals surface area contributed by atoms with Gasteiger partial charge in [-0.25, -0.2) is 0 Å². The maximum absolute atomic E-state index is 12.6. The molecule has 1 aromatic carbocycles. The number of anilines is 2. The number of benzene rings is 1. The third-order valence-corrected chi connectivity index (χ3v) is 4.62. The van der Waals surface area contributed by atoms with Crippen molar-refractivity contribution in [3.05, 3.63) is 18.2 Å². The molecule has 3 rings (SSSR count). The van der Waals surface area contributed by atoms with Crippen LogP contribution in [0.4, 0.5) is 11.4 Å². The van der Waals surface area contributed by atoms with Crippen LogP contribution < -0.4 is 21.1 Å². The molecule has 2 aliphatic rings. The van der Waals surface area contributed by atoms with Crippen molar-refractivity contribution in [2.45, 2.75) is 19.3 Å². The number of nitrogen functional groups attached to an aromatic ring is 1. The summed E-state index contributed by atoms with van der Waals surface area (Å²) in [7, 11) is 1.61. The van der Waals surface area contributed by atoms with E-state index in [9.17, 15) is 4.79 Å². The number of nitrogens with one attached hydrogen (secondary N) is 2. The first-order valence-electron chi connectivity index (χ1n) is 7.58. The zero-order valence-corrected chi connectivity index (χ0v) is 12.4. The Hall–Kier alpha value is -1.75. The van der Waals surface area contributed by atoms with Gasteiger partial charge >= 0.3 is 0 Å². The molecule has 2 fully saturated rings. The molecule has 1 heterocycles. The van der Waals surface area contributed by atoms with Crippen LogP contribution >= 0.6 is 0 Å². The van der Waals surface area contributed by atoms with Crippen LogP contribution in [0, 0.1) is 11.3 Å². The van der Waals surface area contributed by atoms with Crippen molar-refractivity contribution in [2.24, 2.45) is 11.3 Å². The molecule has 21 heavy (non-hydrogen) atoms. The van der Waals surface area contributed by atoms with E-state index in [4.69, 9.17) is 10.5 Å². The fraction of sp³-hybridized carbons (Fsp3) is 0.562. The molecule has 1 aliphatic carbocycles. The molecule has 0 bridgehead atoms. The van der Waals surface area contributed by atoms with Gasteiger partial charge in [-0.05, 0) is 37.9 Å². The van der Waals surface area contributed by atoms with Gasteiger partial charge in [-0.15, -0.1) is 0 Å². The average molecular weight is 289 g/mol. The maximum atomic E-state index is 12.6. The molecular weight excluding hydrogens is 266 g/mol. The van der Waals surface area contributed by atoms with Crippen molar-refractivity contribution in [1.82, 2.24) is 5.32 Å². The maximum Gasteiger partial charge on any atom is 0.145 e. The third kappa shape index (κ3) is 2.70. The Labute approximate surface area is 125 Å². The number of hydrogen-bond donors (Lipinski definition) is 3. The molecule has 1 aliphatic heterocycles. The second-order valence-corrected chi connectivity index (χ2v) is 6.12. The molecule has 1 saturated heterocycles. The van der Waals surface area contributed by atoms with Crippen molar-refractivity contribution in [3.63, 3.8) is 0 Å². The highest BCUT2D eigenvalue weighted by Crippen LogP contribution is 2.40. The standard InChI is InChI=1S/C16H23N3O2/c1-21-13-4-2-3-12(14(13)17)19-10-16(7-8-18-9-16)15(20)11-5-6-11/h2-4,11,18-19H,5-10,17H2,1H3/t16-/m0/s1. The van der Waals surface area contributed by atoms with Gasteiger partial charge in [-0.1, -0.05) is 6.07 Å². The van der Waals surface area contributed by atoms with Crippen LogP contribution in [0.5, 0.6) is 5.75 Å². The molecule has 1 atom stereocenters. The quantitative estimate of drug-likeness (QED) is 0.694. The predicted octanol–water partition coefficient (Wildman–Crippen LogP) is 1.65. The number of para-hydroxylation sites is 1. The van der Waals surface area contributed by atoms with Gasteiger partial charge < -0.3 is 21.1 Å². The number of ether oxygens (including phenoxy) is 1. The molecule has 5 nitrogen and oxygen atoms in total. The van der Waals surface area contributed by atoms with Crippen LogP contribution in [0.15, 0.2) is 18.2 Å². The number of carbonyl (C=O) groups is 1. The first-order chi connectivity index (χ1) is 10.2. The third-order valence-electron chi connectivity index (χ3n) is 4.62. The van der Waals surface area contributed by atoms with E-state index in [-0.39, 0.29) is 11.3 Å². The molecule has 0 aromatic heterocycles. The van der Waals surface area contributed by atoms with Crippen molar-refractivity contribution >= 4 is 17.2 Å². The lowest BCUT2D eigenvalue weighted by molar-refractivity contribution is -0.128. The van der Waals surface area contributed by atoms with E-state index in [1.165, 1.54) is 0 Å². The minimum absolute atomic E-state index is 0.281. The van der Waals surface area contributed by atoms with E-state index in [2.05, 4.69) is 10.6 Å². The van der Waals surface area contributed by atoms with Crippen LogP contribution in [0.1, 0.15) is 19.3 Å². The molecule has 1 saturated carbocycles. The van der Waals surface area contributed by atoms with Crippen LogP contribution in [-0.2, 0) is 4.79 Å². The van der Waals surface area contributed by atoms with Crippen LogP contribution in [-0.4, -0.2) is 32.5 Å². The highest BCUT2D eigenvalue weighted by atomic mass is 16.5. The minimum atomic E-state index is -0.281. The summed E-state index contributed by atoms with van der Waals surface area (Å²) in [6.07, 6.45) is 3.02. The van der Waals surface area contributed by atoms with Crippen LogP contribution in [0.2, 0.25) is 0 Å². The molecule has 5 heteroatoms. The highest BCUT2D eigenvalue weighted by molar-refractivity contribution is 5.90. The van der Waals surface area contributed by atoms with Gasteiger partial charge in [0, 0.05) is 19.0 Å². The smallest absolute Gasteiger partial charge is 0.145 e. The zero-order valence-electron chi connectivity index (χ0n) is 12.4. The number of ketones is 1. The Morgan fingerprint density at radius 3 is 2.95 bits per heavy atom. The summed E-state index contributed by atoms with van der Waals surface area (Å²) in [5.41, 5.74) is 7.24. The summed E-state index contributed by atoms with van der Waals surface area (Å²) in [5, 5.41) is 6.70. The van der Waals surface area contributed by atoms with Gasteiger partial charge in [0.2, 0.25) is 0 Å². The normalized spacial score (nSPS) is 24.8. The van der Waals surface area contributed by atoms with Crippen LogP contribution in [0.25, 0.3) is 0 Å². The van der Waals surface area contributed by atoms with E-state index in [1.807, 2.05) is 18.2 Å². The molecule has 4 N–H and O–H groups in total. The second-order valence-electron chi connectivity index (χ2n) is 6.12. The van der Waals surface area contributed by atoms with Crippen molar-refractivity contribution < 1.29 is 9.53 Å². The van der Waals surface area contributed by atoms with Gasteiger partial charge in [0.15, 0.2) is 0 Å². The summed E-state index contributed by atoms with van der Waals surface area (Å²) >= 11 is 0. The number of rotatable bonds is 6. The van der Waals surface area contributed by atoms with Crippen molar-refractivity contribution in [3.8, 4) is 5.75 Å². The summed E-state index contributed by atoms with van der Waals surface area (Å²) in [4.78, 5) is 12.6. The largest absolute Gasteiger partial charge is 0.495 e. The van der Waals surface area contributed by atoms with E-state index >= 15 is 0 Å². The lowest BCUT2D eigenvalue weighted by atomic mass is 9.80. The first kappa shape index (κ1) is 14.2. The van der Waals surface area contributed by atoms with Crippen molar-refractivity contribution in [1.29, 1.82) is 0 Å². The number of hydrogen-bond acceptors (Lipinski definition) is 5. The van der Waals surface area contributed by atoms with Gasteiger partial charge in [-0.2, -0.15) is 0 Å². The van der Waals surface area contributed by atoms with Crippen LogP contribution in [0.3, 0.4) is 0 Å². The summed E-state index contributed by atoms with van der Waals surface area (Å²) < 4.78 is 5.23. The lowest BCUT2D eigenvalue weighted by Gasteiger charge is -2.28. The molecule has 0 unspecified atom stereocenters. The minimum Gasteiger partial charge on any atom is -0.495 e. The fourth-order valence-electron chi connectivity index (χ4n) is 3.11. The Balaban J connectivity index is 1.74. The molecule has 0 radical (unpaired) electrons. The number of Topliss-reactive ketones (excluding diaryl/α,β-unsaturated/α-hetero) is 1. The van der Waals surface area contributed by atoms with Crippen molar-refractivity contribution in [2.75, 3.05) is 37.8 Å². The highest BCUT2D eigenvalue weighted by Gasteiger charge is 2.47. The summed E-state index contributed by atoms with van der Waals surface area (Å²) in [6, 6.07) is 5.66. The second kappa shape index (κ2) is 5.56. The van der Waals surface area contributed by atoms with Gasteiger partial charge in [0.1, 0.15) is 11.5 Å². The van der Waals surface area contributed by atoms with E-state index < -0.39 is 0 Å². The lowest BCUT2D eigenvalue weighted by Crippen LogP contribution is -2.41. The molecular formula is C16H23N3O2. The monoisotopic (exact) mass is 289 g/mol. The summed E-state index contributed by atoms with van der Waals surface area (Å²) in [5.74, 6) is 1.36. The zero-order chi connectivity index (χ0) is 14.9. The number of nitrogens with two attached hydrogens (primary N) is 1. The average Bonchev–Trinajstić information content (AvgIpc) is 3.24. The Morgan fingerprint density at radius 2 is 2.33 bits per heavy atom. The SMILES string of the molecule is COc1cccc(NC[C@]2(C(=O)C3CC3)CCNC2)c1N. The first-order valence-corrected chi connectivity index (χ1v) is 7.58. The van der Waals surface area contributed by atoms with E-state index in [0.717, 1.165) is 38.0 Å². The predicted molar refractivity (Wildman–Crippen MR) is 83.5 cm³/mol. The van der Waals surface area contributed by atoms with E-state index in [1.54, 1.807) is 7.11 Å². The topological polar surface area (TPSA) is 76.4 Å². The van der Waals surface area contributed by atoms with Gasteiger partial charge in [-0.3, -0.25) is 4.79 Å².